The molecule has 12 heteroatoms. The Labute approximate surface area is 246 Å². The maximum absolute atomic E-state index is 13.4. The number of carbonyl (C=O) groups is 1. The third-order valence-corrected chi connectivity index (χ3v) is 7.72. The van der Waals surface area contributed by atoms with Crippen molar-refractivity contribution >= 4 is 16.9 Å². The average molecular weight is 586 g/mol. The summed E-state index contributed by atoms with van der Waals surface area (Å²) in [5.41, 5.74) is 0.991. The van der Waals surface area contributed by atoms with Gasteiger partial charge in [0.15, 0.2) is 5.65 Å². The van der Waals surface area contributed by atoms with Gasteiger partial charge in [-0.3, -0.25) is 18.8 Å². The van der Waals surface area contributed by atoms with Gasteiger partial charge in [-0.15, -0.1) is 0 Å². The van der Waals surface area contributed by atoms with E-state index in [1.807, 2.05) is 30.5 Å². The molecular formula is C31H32FN7O4. The van der Waals surface area contributed by atoms with Crippen LogP contribution in [0.3, 0.4) is 0 Å². The number of rotatable bonds is 7. The molecule has 222 valence electrons. The van der Waals surface area contributed by atoms with Crippen LogP contribution in [0.1, 0.15) is 37.0 Å². The fourth-order valence-electron chi connectivity index (χ4n) is 5.42. The SMILES string of the molecule is CC(C)(O)Cn1cc(-c2ccc(-n3ncc4c(=O)n(CC5(O)CCN(C(=O)c6ccc(F)cc6)CC5)cnc43)cc2)cn1. The van der Waals surface area contributed by atoms with Gasteiger partial charge in [0, 0.05) is 30.4 Å². The maximum atomic E-state index is 13.4. The minimum absolute atomic E-state index is 0.0361. The predicted molar refractivity (Wildman–Crippen MR) is 157 cm³/mol. The molecule has 5 aromatic rings. The molecule has 1 fully saturated rings. The lowest BCUT2D eigenvalue weighted by atomic mass is 9.91. The summed E-state index contributed by atoms with van der Waals surface area (Å²) in [7, 11) is 0. The van der Waals surface area contributed by atoms with Gasteiger partial charge in [0.1, 0.15) is 17.5 Å². The predicted octanol–water partition coefficient (Wildman–Crippen LogP) is 3.02. The fourth-order valence-corrected chi connectivity index (χ4v) is 5.42. The molecule has 3 aromatic heterocycles. The van der Waals surface area contributed by atoms with Crippen molar-refractivity contribution in [2.45, 2.75) is 51.0 Å². The second-order valence-electron chi connectivity index (χ2n) is 11.8. The molecule has 1 aliphatic rings. The van der Waals surface area contributed by atoms with Gasteiger partial charge in [0.2, 0.25) is 0 Å². The van der Waals surface area contributed by atoms with Crippen LogP contribution in [0, 0.1) is 5.82 Å². The van der Waals surface area contributed by atoms with Gasteiger partial charge in [-0.25, -0.2) is 14.1 Å². The quantitative estimate of drug-likeness (QED) is 0.300. The molecule has 2 aromatic carbocycles. The summed E-state index contributed by atoms with van der Waals surface area (Å²) in [4.78, 5) is 32.3. The minimum atomic E-state index is -1.19. The summed E-state index contributed by atoms with van der Waals surface area (Å²) in [6, 6.07) is 13.0. The Bertz CT molecular complexity index is 1830. The van der Waals surface area contributed by atoms with Crippen LogP contribution in [0.15, 0.2) is 78.2 Å². The van der Waals surface area contributed by atoms with E-state index in [9.17, 15) is 24.2 Å². The number of nitrogens with zero attached hydrogens (tertiary/aromatic N) is 7. The van der Waals surface area contributed by atoms with Gasteiger partial charge in [-0.2, -0.15) is 10.2 Å². The number of likely N-dealkylation sites (tertiary alicyclic amines) is 1. The first-order valence-corrected chi connectivity index (χ1v) is 14.0. The van der Waals surface area contributed by atoms with Crippen molar-refractivity contribution in [2.24, 2.45) is 0 Å². The van der Waals surface area contributed by atoms with E-state index >= 15 is 0 Å². The molecule has 0 saturated carbocycles. The topological polar surface area (TPSA) is 131 Å². The molecule has 1 saturated heterocycles. The molecule has 11 nitrogen and oxygen atoms in total. The molecule has 43 heavy (non-hydrogen) atoms. The number of hydrogen-bond donors (Lipinski definition) is 2. The van der Waals surface area contributed by atoms with Gasteiger partial charge in [-0.05, 0) is 68.7 Å². The van der Waals surface area contributed by atoms with Gasteiger partial charge < -0.3 is 15.1 Å². The summed E-state index contributed by atoms with van der Waals surface area (Å²) >= 11 is 0. The Kier molecular flexibility index (Phi) is 7.18. The lowest BCUT2D eigenvalue weighted by Crippen LogP contribution is -2.49. The van der Waals surface area contributed by atoms with Crippen LogP contribution < -0.4 is 5.56 Å². The lowest BCUT2D eigenvalue weighted by molar-refractivity contribution is -0.0299. The smallest absolute Gasteiger partial charge is 0.264 e. The van der Waals surface area contributed by atoms with Gasteiger partial charge in [-0.1, -0.05) is 12.1 Å². The summed E-state index contributed by atoms with van der Waals surface area (Å²) in [6.45, 7) is 4.49. The zero-order valence-corrected chi connectivity index (χ0v) is 23.9. The van der Waals surface area contributed by atoms with Gasteiger partial charge >= 0.3 is 0 Å². The first-order valence-electron chi connectivity index (χ1n) is 14.0. The summed E-state index contributed by atoms with van der Waals surface area (Å²) < 4.78 is 17.9. The number of amides is 1. The zero-order chi connectivity index (χ0) is 30.4. The molecule has 0 radical (unpaired) electrons. The normalized spacial score (nSPS) is 15.2. The molecule has 0 unspecified atom stereocenters. The monoisotopic (exact) mass is 585 g/mol. The molecule has 6 rings (SSSR count). The van der Waals surface area contributed by atoms with Crippen molar-refractivity contribution in [3.63, 3.8) is 0 Å². The van der Waals surface area contributed by atoms with Crippen molar-refractivity contribution in [3.8, 4) is 16.8 Å². The van der Waals surface area contributed by atoms with E-state index in [-0.39, 0.29) is 30.9 Å². The first kappa shape index (κ1) is 28.4. The minimum Gasteiger partial charge on any atom is -0.389 e. The first-order chi connectivity index (χ1) is 20.5. The van der Waals surface area contributed by atoms with Crippen molar-refractivity contribution < 1.29 is 19.4 Å². The summed E-state index contributed by atoms with van der Waals surface area (Å²) in [5, 5.41) is 30.4. The van der Waals surface area contributed by atoms with Gasteiger partial charge in [0.05, 0.1) is 42.4 Å². The molecule has 0 atom stereocenters. The van der Waals surface area contributed by atoms with Crippen molar-refractivity contribution in [2.75, 3.05) is 13.1 Å². The Morgan fingerprint density at radius 2 is 1.70 bits per heavy atom. The van der Waals surface area contributed by atoms with Crippen LogP contribution in [0.5, 0.6) is 0 Å². The van der Waals surface area contributed by atoms with E-state index in [1.54, 1.807) is 34.3 Å². The summed E-state index contributed by atoms with van der Waals surface area (Å²) in [6.07, 6.45) is 7.09. The number of halogens is 1. The second kappa shape index (κ2) is 10.9. The maximum Gasteiger partial charge on any atom is 0.264 e. The highest BCUT2D eigenvalue weighted by molar-refractivity contribution is 5.94. The Balaban J connectivity index is 1.15. The van der Waals surface area contributed by atoms with Crippen LogP contribution in [0.2, 0.25) is 0 Å². The molecule has 1 aliphatic heterocycles. The van der Waals surface area contributed by atoms with Crippen LogP contribution in [-0.2, 0) is 13.1 Å². The van der Waals surface area contributed by atoms with Crippen molar-refractivity contribution in [1.82, 2.24) is 34.0 Å². The highest BCUT2D eigenvalue weighted by Gasteiger charge is 2.35. The molecular weight excluding hydrogens is 553 g/mol. The van der Waals surface area contributed by atoms with E-state index in [0.717, 1.165) is 16.8 Å². The molecule has 0 aliphatic carbocycles. The number of benzene rings is 2. The van der Waals surface area contributed by atoms with E-state index in [1.165, 1.54) is 41.4 Å². The number of piperidine rings is 1. The van der Waals surface area contributed by atoms with Crippen LogP contribution >= 0.6 is 0 Å². The number of carbonyl (C=O) groups excluding carboxylic acids is 1. The number of fused-ring (bicyclic) bond motifs is 1. The number of aromatic nitrogens is 6. The van der Waals surface area contributed by atoms with Crippen LogP contribution in [-0.4, -0.2) is 74.4 Å². The molecule has 1 amide bonds. The second-order valence-corrected chi connectivity index (χ2v) is 11.8. The van der Waals surface area contributed by atoms with Crippen molar-refractivity contribution in [3.05, 3.63) is 95.2 Å². The number of aliphatic hydroxyl groups is 2. The highest BCUT2D eigenvalue weighted by atomic mass is 19.1. The van der Waals surface area contributed by atoms with E-state index in [0.29, 0.717) is 36.2 Å². The van der Waals surface area contributed by atoms with E-state index in [4.69, 9.17) is 0 Å². The molecule has 2 N–H and O–H groups in total. The fraction of sp³-hybridized carbons (Fsp3) is 0.323. The van der Waals surface area contributed by atoms with Crippen LogP contribution in [0.25, 0.3) is 27.8 Å². The molecule has 4 heterocycles. The lowest BCUT2D eigenvalue weighted by Gasteiger charge is -2.38. The van der Waals surface area contributed by atoms with Crippen LogP contribution in [0.4, 0.5) is 4.39 Å². The highest BCUT2D eigenvalue weighted by Crippen LogP contribution is 2.26. The zero-order valence-electron chi connectivity index (χ0n) is 23.9. The van der Waals surface area contributed by atoms with Gasteiger partial charge in [0.25, 0.3) is 11.5 Å². The molecule has 0 bridgehead atoms. The van der Waals surface area contributed by atoms with E-state index < -0.39 is 17.0 Å². The van der Waals surface area contributed by atoms with Crippen molar-refractivity contribution in [1.29, 1.82) is 0 Å². The van der Waals surface area contributed by atoms with E-state index in [2.05, 4.69) is 15.2 Å². The Hall–Kier alpha value is -4.68. The standard InChI is InChI=1S/C31H32FN7O4/c1-30(2,42)18-38-17-23(15-34-38)21-5-9-25(10-6-21)39-27-26(16-35-39)29(41)37(20-33-27)19-31(43)11-13-36(14-12-31)28(40)22-3-7-24(32)8-4-22/h3-10,15-17,20,42-43H,11-14,18-19H2,1-2H3. The molecule has 0 spiro atoms. The number of hydrogen-bond acceptors (Lipinski definition) is 7. The third kappa shape index (κ3) is 5.97. The average Bonchev–Trinajstić information content (AvgIpc) is 3.62. The largest absolute Gasteiger partial charge is 0.389 e. The summed E-state index contributed by atoms with van der Waals surface area (Å²) in [5.74, 6) is -0.628. The Morgan fingerprint density at radius 1 is 1.00 bits per heavy atom. The Morgan fingerprint density at radius 3 is 2.37 bits per heavy atom. The third-order valence-electron chi connectivity index (χ3n) is 7.72.